The topological polar surface area (TPSA) is 35.5 Å². The lowest BCUT2D eigenvalue weighted by Gasteiger charge is -2.16. The van der Waals surface area contributed by atoms with Crippen molar-refractivity contribution in [2.24, 2.45) is 11.8 Å². The van der Waals surface area contributed by atoms with Crippen LogP contribution in [-0.4, -0.2) is 13.1 Å². The van der Waals surface area contributed by atoms with Gasteiger partial charge in [-0.05, 0) is 30.9 Å². The molecule has 106 valence electrons. The summed E-state index contributed by atoms with van der Waals surface area (Å²) in [5, 5.41) is 0. The number of hydrogen-bond donors (Lipinski definition) is 0. The zero-order valence-electron chi connectivity index (χ0n) is 11.9. The van der Waals surface area contributed by atoms with Crippen LogP contribution in [0.1, 0.15) is 33.6 Å². The zero-order valence-corrected chi connectivity index (χ0v) is 11.9. The molecule has 1 rings (SSSR count). The van der Waals surface area contributed by atoms with Crippen molar-refractivity contribution in [1.29, 1.82) is 0 Å². The molecule has 0 spiro atoms. The lowest BCUT2D eigenvalue weighted by molar-refractivity contribution is -0.139. The summed E-state index contributed by atoms with van der Waals surface area (Å²) in [4.78, 5) is 12.0. The molecule has 0 aliphatic rings. The third kappa shape index (κ3) is 4.54. The molecule has 19 heavy (non-hydrogen) atoms. The van der Waals surface area contributed by atoms with Crippen molar-refractivity contribution in [1.82, 2.24) is 0 Å². The van der Waals surface area contributed by atoms with Gasteiger partial charge < -0.3 is 9.47 Å². The molecule has 0 bridgehead atoms. The van der Waals surface area contributed by atoms with Crippen LogP contribution in [0.4, 0.5) is 4.39 Å². The number of methoxy groups -OCH3 is 1. The first kappa shape index (κ1) is 15.5. The SMILES string of the molecule is CCC(CC(C)C)C(=O)Oc1ccc(F)c(OC)c1. The van der Waals surface area contributed by atoms with Crippen molar-refractivity contribution in [2.75, 3.05) is 7.11 Å². The molecule has 0 aromatic heterocycles. The van der Waals surface area contributed by atoms with E-state index in [1.807, 2.05) is 6.92 Å². The monoisotopic (exact) mass is 268 g/mol. The molecule has 4 heteroatoms. The van der Waals surface area contributed by atoms with Crippen molar-refractivity contribution < 1.29 is 18.7 Å². The molecule has 0 heterocycles. The summed E-state index contributed by atoms with van der Waals surface area (Å²) in [6.45, 7) is 6.09. The van der Waals surface area contributed by atoms with E-state index in [-0.39, 0.29) is 17.6 Å². The van der Waals surface area contributed by atoms with E-state index in [1.165, 1.54) is 25.3 Å². The second kappa shape index (κ2) is 7.12. The molecule has 0 fully saturated rings. The Labute approximate surface area is 113 Å². The van der Waals surface area contributed by atoms with Gasteiger partial charge in [-0.25, -0.2) is 4.39 Å². The van der Waals surface area contributed by atoms with Crippen molar-refractivity contribution >= 4 is 5.97 Å². The van der Waals surface area contributed by atoms with Gasteiger partial charge in [0.05, 0.1) is 13.0 Å². The third-order valence-electron chi connectivity index (χ3n) is 2.92. The molecule has 1 aromatic rings. The Kier molecular flexibility index (Phi) is 5.80. The highest BCUT2D eigenvalue weighted by atomic mass is 19.1. The smallest absolute Gasteiger partial charge is 0.314 e. The summed E-state index contributed by atoms with van der Waals surface area (Å²) >= 11 is 0. The first-order valence-corrected chi connectivity index (χ1v) is 6.53. The molecule has 0 N–H and O–H groups in total. The van der Waals surface area contributed by atoms with E-state index in [0.717, 1.165) is 12.8 Å². The maximum atomic E-state index is 13.2. The molecule has 1 atom stereocenters. The van der Waals surface area contributed by atoms with Crippen LogP contribution in [0.2, 0.25) is 0 Å². The molecule has 1 unspecified atom stereocenters. The maximum Gasteiger partial charge on any atom is 0.314 e. The molecule has 0 amide bonds. The highest BCUT2D eigenvalue weighted by molar-refractivity contribution is 5.75. The number of ether oxygens (including phenoxy) is 2. The maximum absolute atomic E-state index is 13.2. The van der Waals surface area contributed by atoms with E-state index in [0.29, 0.717) is 11.7 Å². The van der Waals surface area contributed by atoms with Crippen LogP contribution in [-0.2, 0) is 4.79 Å². The van der Waals surface area contributed by atoms with E-state index in [9.17, 15) is 9.18 Å². The van der Waals surface area contributed by atoms with E-state index in [2.05, 4.69) is 13.8 Å². The summed E-state index contributed by atoms with van der Waals surface area (Å²) in [6, 6.07) is 4.04. The summed E-state index contributed by atoms with van der Waals surface area (Å²) in [5.41, 5.74) is 0. The van der Waals surface area contributed by atoms with Gasteiger partial charge in [0.25, 0.3) is 0 Å². The number of halogens is 1. The molecule has 0 aliphatic carbocycles. The molecular formula is C15H21FO3. The van der Waals surface area contributed by atoms with Gasteiger partial charge in [0.2, 0.25) is 0 Å². The Hall–Kier alpha value is -1.58. The number of benzene rings is 1. The van der Waals surface area contributed by atoms with E-state index in [4.69, 9.17) is 9.47 Å². The lowest BCUT2D eigenvalue weighted by atomic mass is 9.95. The van der Waals surface area contributed by atoms with Crippen molar-refractivity contribution in [3.05, 3.63) is 24.0 Å². The molecule has 0 saturated heterocycles. The Bertz CT molecular complexity index is 429. The number of rotatable bonds is 6. The average Bonchev–Trinajstić information content (AvgIpc) is 2.37. The number of esters is 1. The van der Waals surface area contributed by atoms with Crippen LogP contribution in [0, 0.1) is 17.7 Å². The second-order valence-electron chi connectivity index (χ2n) is 4.95. The standard InChI is InChI=1S/C15H21FO3/c1-5-11(8-10(2)3)15(17)19-12-6-7-13(16)14(9-12)18-4/h6-7,9-11H,5,8H2,1-4H3. The minimum Gasteiger partial charge on any atom is -0.494 e. The predicted molar refractivity (Wildman–Crippen MR) is 71.8 cm³/mol. The Morgan fingerprint density at radius 3 is 2.58 bits per heavy atom. The van der Waals surface area contributed by atoms with Crippen molar-refractivity contribution in [3.63, 3.8) is 0 Å². The fraction of sp³-hybridized carbons (Fsp3) is 0.533. The number of hydrogen-bond acceptors (Lipinski definition) is 3. The number of carbonyl (C=O) groups excluding carboxylic acids is 1. The normalized spacial score (nSPS) is 12.3. The lowest BCUT2D eigenvalue weighted by Crippen LogP contribution is -2.21. The Morgan fingerprint density at radius 1 is 1.37 bits per heavy atom. The largest absolute Gasteiger partial charge is 0.494 e. The molecule has 3 nitrogen and oxygen atoms in total. The fourth-order valence-corrected chi connectivity index (χ4v) is 1.90. The van der Waals surface area contributed by atoms with Gasteiger partial charge in [-0.2, -0.15) is 0 Å². The molecule has 1 aromatic carbocycles. The molecule has 0 aliphatic heterocycles. The molecule has 0 radical (unpaired) electrons. The van der Waals surface area contributed by atoms with Crippen LogP contribution < -0.4 is 9.47 Å². The Morgan fingerprint density at radius 2 is 2.05 bits per heavy atom. The van der Waals surface area contributed by atoms with Gasteiger partial charge in [0.1, 0.15) is 5.75 Å². The minimum atomic E-state index is -0.475. The van der Waals surface area contributed by atoms with E-state index >= 15 is 0 Å². The minimum absolute atomic E-state index is 0.0715. The predicted octanol–water partition coefficient (Wildman–Crippen LogP) is 3.81. The third-order valence-corrected chi connectivity index (χ3v) is 2.92. The van der Waals surface area contributed by atoms with Crippen LogP contribution in [0.5, 0.6) is 11.5 Å². The van der Waals surface area contributed by atoms with Gasteiger partial charge in [-0.15, -0.1) is 0 Å². The Balaban J connectivity index is 2.75. The van der Waals surface area contributed by atoms with E-state index in [1.54, 1.807) is 0 Å². The van der Waals surface area contributed by atoms with Gasteiger partial charge >= 0.3 is 5.97 Å². The fourth-order valence-electron chi connectivity index (χ4n) is 1.90. The summed E-state index contributed by atoms with van der Waals surface area (Å²) in [7, 11) is 1.37. The quantitative estimate of drug-likeness (QED) is 0.581. The zero-order chi connectivity index (χ0) is 14.4. The van der Waals surface area contributed by atoms with Gasteiger partial charge in [-0.1, -0.05) is 20.8 Å². The first-order chi connectivity index (χ1) is 8.97. The molecule has 0 saturated carbocycles. The summed E-state index contributed by atoms with van der Waals surface area (Å²) in [5.74, 6) is -0.0645. The first-order valence-electron chi connectivity index (χ1n) is 6.53. The highest BCUT2D eigenvalue weighted by Gasteiger charge is 2.20. The number of carbonyl (C=O) groups is 1. The van der Waals surface area contributed by atoms with Gasteiger partial charge in [-0.3, -0.25) is 4.79 Å². The second-order valence-corrected chi connectivity index (χ2v) is 4.95. The van der Waals surface area contributed by atoms with Crippen molar-refractivity contribution in [2.45, 2.75) is 33.6 Å². The van der Waals surface area contributed by atoms with Crippen LogP contribution in [0.15, 0.2) is 18.2 Å². The summed E-state index contributed by atoms with van der Waals surface area (Å²) in [6.07, 6.45) is 1.52. The summed E-state index contributed by atoms with van der Waals surface area (Å²) < 4.78 is 23.4. The van der Waals surface area contributed by atoms with Crippen LogP contribution >= 0.6 is 0 Å². The average molecular weight is 268 g/mol. The van der Waals surface area contributed by atoms with Crippen LogP contribution in [0.3, 0.4) is 0 Å². The van der Waals surface area contributed by atoms with Crippen molar-refractivity contribution in [3.8, 4) is 11.5 Å². The van der Waals surface area contributed by atoms with Gasteiger partial charge in [0.15, 0.2) is 11.6 Å². The van der Waals surface area contributed by atoms with E-state index < -0.39 is 5.82 Å². The highest BCUT2D eigenvalue weighted by Crippen LogP contribution is 2.25. The molecular weight excluding hydrogens is 247 g/mol. The van der Waals surface area contributed by atoms with Crippen LogP contribution in [0.25, 0.3) is 0 Å². The van der Waals surface area contributed by atoms with Gasteiger partial charge in [0, 0.05) is 6.07 Å².